The number of aromatic amines is 1. The molecule has 2 N–H and O–H groups in total. The Kier molecular flexibility index (Phi) is 4.09. The minimum atomic E-state index is -0.708. The highest BCUT2D eigenvalue weighted by Crippen LogP contribution is 2.21. The molecule has 0 saturated heterocycles. The highest BCUT2D eigenvalue weighted by atomic mass is 16.3. The number of hydrogen-bond acceptors (Lipinski definition) is 4. The summed E-state index contributed by atoms with van der Waals surface area (Å²) in [5.74, 6) is 0. The van der Waals surface area contributed by atoms with Crippen molar-refractivity contribution in [3.05, 3.63) is 32.6 Å². The zero-order chi connectivity index (χ0) is 13.9. The summed E-state index contributed by atoms with van der Waals surface area (Å²) in [6.07, 6.45) is 0.980. The molecule has 1 aromatic heterocycles. The van der Waals surface area contributed by atoms with Gasteiger partial charge in [-0.05, 0) is 11.8 Å². The number of nitrogens with one attached hydrogen (secondary N) is 1. The first-order valence-corrected chi connectivity index (χ1v) is 5.65. The van der Waals surface area contributed by atoms with Crippen LogP contribution in [0.4, 0.5) is 0 Å². The van der Waals surface area contributed by atoms with Crippen molar-refractivity contribution < 1.29 is 5.11 Å². The predicted octanol–water partition coefficient (Wildman–Crippen LogP) is 0.205. The van der Waals surface area contributed by atoms with Gasteiger partial charge in [0.25, 0.3) is 5.56 Å². The molecule has 0 fully saturated rings. The minimum absolute atomic E-state index is 0.0571. The Morgan fingerprint density at radius 1 is 1.50 bits per heavy atom. The highest BCUT2D eigenvalue weighted by Gasteiger charge is 2.17. The van der Waals surface area contributed by atoms with E-state index in [1.165, 1.54) is 6.20 Å². The van der Waals surface area contributed by atoms with Gasteiger partial charge >= 0.3 is 5.69 Å². The molecule has 0 aliphatic carbocycles. The number of rotatable bonds is 3. The van der Waals surface area contributed by atoms with Crippen molar-refractivity contribution in [1.29, 1.82) is 5.26 Å². The quantitative estimate of drug-likeness (QED) is 0.801. The van der Waals surface area contributed by atoms with Crippen LogP contribution in [-0.4, -0.2) is 20.8 Å². The van der Waals surface area contributed by atoms with Crippen molar-refractivity contribution in [2.24, 2.45) is 5.41 Å². The fourth-order valence-electron chi connectivity index (χ4n) is 1.72. The van der Waals surface area contributed by atoms with Gasteiger partial charge in [0.05, 0.1) is 12.6 Å². The molecule has 0 radical (unpaired) electrons. The summed E-state index contributed by atoms with van der Waals surface area (Å²) in [5, 5.41) is 18.6. The van der Waals surface area contributed by atoms with Crippen LogP contribution in [-0.2, 0) is 6.54 Å². The molecule has 1 heterocycles. The van der Waals surface area contributed by atoms with Crippen molar-refractivity contribution >= 4 is 0 Å². The van der Waals surface area contributed by atoms with Gasteiger partial charge in [-0.15, -0.1) is 0 Å². The van der Waals surface area contributed by atoms with Gasteiger partial charge in [-0.25, -0.2) is 4.79 Å². The van der Waals surface area contributed by atoms with Gasteiger partial charge in [-0.3, -0.25) is 14.3 Å². The van der Waals surface area contributed by atoms with Gasteiger partial charge in [0, 0.05) is 6.20 Å². The lowest BCUT2D eigenvalue weighted by Gasteiger charge is -2.22. The molecule has 0 aliphatic rings. The van der Waals surface area contributed by atoms with E-state index >= 15 is 0 Å². The third-order valence-corrected chi connectivity index (χ3v) is 2.39. The summed E-state index contributed by atoms with van der Waals surface area (Å²) in [6.45, 7) is 5.99. The molecule has 0 spiro atoms. The first-order valence-electron chi connectivity index (χ1n) is 5.65. The molecule has 1 aromatic rings. The number of hydrogen-bond donors (Lipinski definition) is 2. The van der Waals surface area contributed by atoms with Crippen LogP contribution in [0, 0.1) is 16.7 Å². The standard InChI is InChI=1S/C12H17N3O3/c1-12(2,3)4-9(16)7-15-6-8(5-13)10(17)14-11(15)18/h6,9,16H,4,7H2,1-3H3,(H,14,17,18). The second kappa shape index (κ2) is 5.19. The fourth-order valence-corrected chi connectivity index (χ4v) is 1.72. The zero-order valence-corrected chi connectivity index (χ0v) is 10.7. The van der Waals surface area contributed by atoms with Crippen molar-refractivity contribution in [2.45, 2.75) is 39.8 Å². The van der Waals surface area contributed by atoms with Crippen LogP contribution in [0.5, 0.6) is 0 Å². The van der Waals surface area contributed by atoms with Gasteiger partial charge in [0.2, 0.25) is 0 Å². The van der Waals surface area contributed by atoms with E-state index in [9.17, 15) is 14.7 Å². The molecule has 1 rings (SSSR count). The Labute approximate surface area is 105 Å². The maximum absolute atomic E-state index is 11.5. The van der Waals surface area contributed by atoms with E-state index in [1.807, 2.05) is 25.8 Å². The third-order valence-electron chi connectivity index (χ3n) is 2.39. The van der Waals surface area contributed by atoms with Crippen LogP contribution in [0.25, 0.3) is 0 Å². The number of aliphatic hydroxyl groups excluding tert-OH is 1. The Hall–Kier alpha value is -1.87. The summed E-state index contributed by atoms with van der Waals surface area (Å²) in [6, 6.07) is 1.70. The van der Waals surface area contributed by atoms with Crippen LogP contribution >= 0.6 is 0 Å². The van der Waals surface area contributed by atoms with Gasteiger partial charge in [-0.1, -0.05) is 20.8 Å². The van der Waals surface area contributed by atoms with Crippen molar-refractivity contribution in [3.8, 4) is 6.07 Å². The van der Waals surface area contributed by atoms with Crippen LogP contribution in [0.3, 0.4) is 0 Å². The van der Waals surface area contributed by atoms with Gasteiger partial charge in [-0.2, -0.15) is 5.26 Å². The Balaban J connectivity index is 2.96. The van der Waals surface area contributed by atoms with E-state index in [2.05, 4.69) is 0 Å². The lowest BCUT2D eigenvalue weighted by atomic mass is 9.89. The molecule has 1 atom stereocenters. The third kappa shape index (κ3) is 3.86. The molecule has 0 saturated carbocycles. The molecular formula is C12H17N3O3. The lowest BCUT2D eigenvalue weighted by molar-refractivity contribution is 0.103. The second-order valence-electron chi connectivity index (χ2n) is 5.48. The van der Waals surface area contributed by atoms with Gasteiger partial charge < -0.3 is 5.11 Å². The zero-order valence-electron chi connectivity index (χ0n) is 10.7. The van der Waals surface area contributed by atoms with E-state index in [0.717, 1.165) is 4.57 Å². The molecule has 6 heteroatoms. The number of nitrogens with zero attached hydrogens (tertiary/aromatic N) is 2. The minimum Gasteiger partial charge on any atom is -0.391 e. The normalized spacial score (nSPS) is 13.1. The number of H-pyrrole nitrogens is 1. The summed E-state index contributed by atoms with van der Waals surface area (Å²) < 4.78 is 1.15. The van der Waals surface area contributed by atoms with E-state index in [4.69, 9.17) is 5.26 Å². The first-order chi connectivity index (χ1) is 8.23. The number of aromatic nitrogens is 2. The van der Waals surface area contributed by atoms with Gasteiger partial charge in [0.1, 0.15) is 11.6 Å². The second-order valence-corrected chi connectivity index (χ2v) is 5.48. The summed E-state index contributed by atoms with van der Waals surface area (Å²) in [7, 11) is 0. The van der Waals surface area contributed by atoms with Crippen LogP contribution in [0.1, 0.15) is 32.8 Å². The van der Waals surface area contributed by atoms with Crippen molar-refractivity contribution in [3.63, 3.8) is 0 Å². The van der Waals surface area contributed by atoms with Crippen molar-refractivity contribution in [2.75, 3.05) is 0 Å². The van der Waals surface area contributed by atoms with Crippen LogP contribution in [0.15, 0.2) is 15.8 Å². The summed E-state index contributed by atoms with van der Waals surface area (Å²) >= 11 is 0. The average molecular weight is 251 g/mol. The summed E-state index contributed by atoms with van der Waals surface area (Å²) in [5.41, 5.74) is -1.53. The number of aliphatic hydroxyl groups is 1. The first kappa shape index (κ1) is 14.2. The van der Waals surface area contributed by atoms with Gasteiger partial charge in [0.15, 0.2) is 0 Å². The largest absolute Gasteiger partial charge is 0.391 e. The van der Waals surface area contributed by atoms with E-state index in [-0.39, 0.29) is 17.5 Å². The SMILES string of the molecule is CC(C)(C)CC(O)Cn1cc(C#N)c(=O)[nH]c1=O. The molecule has 0 aromatic carbocycles. The smallest absolute Gasteiger partial charge is 0.328 e. The molecule has 6 nitrogen and oxygen atoms in total. The molecule has 18 heavy (non-hydrogen) atoms. The molecule has 0 bridgehead atoms. The average Bonchev–Trinajstić information content (AvgIpc) is 2.19. The van der Waals surface area contributed by atoms with Crippen LogP contribution in [0.2, 0.25) is 0 Å². The lowest BCUT2D eigenvalue weighted by Crippen LogP contribution is -2.35. The Morgan fingerprint density at radius 3 is 2.61 bits per heavy atom. The molecular weight excluding hydrogens is 234 g/mol. The topological polar surface area (TPSA) is 98.9 Å². The monoisotopic (exact) mass is 251 g/mol. The molecule has 98 valence electrons. The molecule has 1 unspecified atom stereocenters. The van der Waals surface area contributed by atoms with Crippen molar-refractivity contribution in [1.82, 2.24) is 9.55 Å². The van der Waals surface area contributed by atoms with E-state index < -0.39 is 17.4 Å². The molecule has 0 aliphatic heterocycles. The van der Waals surface area contributed by atoms with E-state index in [1.54, 1.807) is 6.07 Å². The Morgan fingerprint density at radius 2 is 2.11 bits per heavy atom. The summed E-state index contributed by atoms with van der Waals surface area (Å²) in [4.78, 5) is 24.7. The van der Waals surface area contributed by atoms with E-state index in [0.29, 0.717) is 6.42 Å². The predicted molar refractivity (Wildman–Crippen MR) is 66.1 cm³/mol. The fraction of sp³-hybridized carbons (Fsp3) is 0.583. The highest BCUT2D eigenvalue weighted by molar-refractivity contribution is 5.21. The maximum atomic E-state index is 11.5. The Bertz CT molecular complexity index is 572. The van der Waals surface area contributed by atoms with Crippen LogP contribution < -0.4 is 11.2 Å². The maximum Gasteiger partial charge on any atom is 0.328 e. The number of nitriles is 1. The molecule has 0 amide bonds.